The first-order valence-electron chi connectivity index (χ1n) is 4.90. The monoisotopic (exact) mass is 212 g/mol. The number of nitrogens with zero attached hydrogens (tertiary/aromatic N) is 1. The molecule has 0 bridgehead atoms. The summed E-state index contributed by atoms with van der Waals surface area (Å²) in [5.74, 6) is 0. The molecule has 0 spiro atoms. The molecule has 2 aromatic rings. The summed E-state index contributed by atoms with van der Waals surface area (Å²) in [6, 6.07) is 15.4. The molecule has 0 aliphatic heterocycles. The van der Waals surface area contributed by atoms with Gasteiger partial charge in [-0.3, -0.25) is 10.1 Å². The van der Waals surface area contributed by atoms with Crippen molar-refractivity contribution in [3.63, 3.8) is 0 Å². The van der Waals surface area contributed by atoms with E-state index >= 15 is 0 Å². The van der Waals surface area contributed by atoms with Crippen molar-refractivity contribution in [1.82, 2.24) is 0 Å². The van der Waals surface area contributed by atoms with Crippen molar-refractivity contribution in [3.05, 3.63) is 64.2 Å². The van der Waals surface area contributed by atoms with Crippen molar-refractivity contribution in [1.29, 1.82) is 0 Å². The Bertz CT molecular complexity index is 521. The number of benzene rings is 2. The van der Waals surface area contributed by atoms with E-state index in [9.17, 15) is 10.1 Å². The number of nitro groups is 1. The molecule has 3 heteroatoms. The van der Waals surface area contributed by atoms with Crippen molar-refractivity contribution in [2.45, 2.75) is 6.92 Å². The highest BCUT2D eigenvalue weighted by Gasteiger charge is 2.13. The van der Waals surface area contributed by atoms with Crippen LogP contribution < -0.4 is 0 Å². The Morgan fingerprint density at radius 2 is 1.88 bits per heavy atom. The Morgan fingerprint density at radius 1 is 1.19 bits per heavy atom. The highest BCUT2D eigenvalue weighted by atomic mass is 16.6. The third-order valence-corrected chi connectivity index (χ3v) is 2.53. The van der Waals surface area contributed by atoms with Crippen LogP contribution in [0, 0.1) is 23.1 Å². The summed E-state index contributed by atoms with van der Waals surface area (Å²) in [7, 11) is 0. The molecule has 0 unspecified atom stereocenters. The minimum absolute atomic E-state index is 0.158. The molecular formula is C13H10NO2. The molecule has 2 aromatic carbocycles. The first-order valence-corrected chi connectivity index (χ1v) is 4.90. The molecule has 1 radical (unpaired) electrons. The van der Waals surface area contributed by atoms with Crippen LogP contribution in [-0.4, -0.2) is 4.92 Å². The van der Waals surface area contributed by atoms with E-state index in [-0.39, 0.29) is 10.6 Å². The summed E-state index contributed by atoms with van der Waals surface area (Å²) in [6.45, 7) is 1.77. The Kier molecular flexibility index (Phi) is 2.68. The van der Waals surface area contributed by atoms with Crippen molar-refractivity contribution < 1.29 is 4.92 Å². The fraction of sp³-hybridized carbons (Fsp3) is 0.0769. The maximum Gasteiger partial charge on any atom is 0.272 e. The Labute approximate surface area is 93.5 Å². The first-order chi connectivity index (χ1) is 7.70. The molecule has 0 aromatic heterocycles. The zero-order chi connectivity index (χ0) is 11.5. The summed E-state index contributed by atoms with van der Waals surface area (Å²) in [6.07, 6.45) is 0. The molecule has 3 nitrogen and oxygen atoms in total. The SMILES string of the molecule is Cc1c(-c2cc[c]cc2)cccc1[N+](=O)[O-]. The predicted octanol–water partition coefficient (Wildman–Crippen LogP) is 3.37. The molecule has 16 heavy (non-hydrogen) atoms. The standard InChI is InChI=1S/C13H10NO2/c1-10-12(11-6-3-2-4-7-11)8-5-9-13(10)14(15)16/h3-9H,1H3. The van der Waals surface area contributed by atoms with Gasteiger partial charge in [-0.2, -0.15) is 0 Å². The highest BCUT2D eigenvalue weighted by Crippen LogP contribution is 2.29. The van der Waals surface area contributed by atoms with Gasteiger partial charge in [-0.25, -0.2) is 0 Å². The molecule has 0 amide bonds. The third-order valence-electron chi connectivity index (χ3n) is 2.53. The molecule has 0 aliphatic carbocycles. The van der Waals surface area contributed by atoms with Crippen LogP contribution in [0.25, 0.3) is 11.1 Å². The van der Waals surface area contributed by atoms with Gasteiger partial charge in [0.1, 0.15) is 0 Å². The van der Waals surface area contributed by atoms with E-state index in [1.165, 1.54) is 6.07 Å². The summed E-state index contributed by atoms with van der Waals surface area (Å²) in [5, 5.41) is 10.8. The summed E-state index contributed by atoms with van der Waals surface area (Å²) >= 11 is 0. The molecule has 79 valence electrons. The van der Waals surface area contributed by atoms with E-state index in [0.717, 1.165) is 11.1 Å². The van der Waals surface area contributed by atoms with Crippen LogP contribution in [0.3, 0.4) is 0 Å². The van der Waals surface area contributed by atoms with E-state index in [1.807, 2.05) is 18.2 Å². The van der Waals surface area contributed by atoms with Crippen LogP contribution in [0.1, 0.15) is 5.56 Å². The van der Waals surface area contributed by atoms with Crippen molar-refractivity contribution >= 4 is 5.69 Å². The second-order valence-corrected chi connectivity index (χ2v) is 3.50. The van der Waals surface area contributed by atoms with E-state index in [1.54, 1.807) is 25.1 Å². The lowest BCUT2D eigenvalue weighted by molar-refractivity contribution is -0.385. The summed E-state index contributed by atoms with van der Waals surface area (Å²) < 4.78 is 0. The van der Waals surface area contributed by atoms with Gasteiger partial charge in [-0.1, -0.05) is 36.4 Å². The molecule has 0 saturated heterocycles. The van der Waals surface area contributed by atoms with Crippen LogP contribution >= 0.6 is 0 Å². The van der Waals surface area contributed by atoms with Gasteiger partial charge < -0.3 is 0 Å². The molecule has 0 fully saturated rings. The molecule has 0 heterocycles. The summed E-state index contributed by atoms with van der Waals surface area (Å²) in [4.78, 5) is 10.5. The zero-order valence-electron chi connectivity index (χ0n) is 8.81. The average Bonchev–Trinajstić information content (AvgIpc) is 2.30. The van der Waals surface area contributed by atoms with E-state index in [0.29, 0.717) is 5.56 Å². The molecule has 2 rings (SSSR count). The van der Waals surface area contributed by atoms with Gasteiger partial charge in [0.25, 0.3) is 5.69 Å². The van der Waals surface area contributed by atoms with Gasteiger partial charge >= 0.3 is 0 Å². The number of rotatable bonds is 2. The van der Waals surface area contributed by atoms with Gasteiger partial charge in [0.05, 0.1) is 4.92 Å². The Balaban J connectivity index is 2.59. The van der Waals surface area contributed by atoms with Gasteiger partial charge in [0.15, 0.2) is 0 Å². The Hall–Kier alpha value is -2.16. The van der Waals surface area contributed by atoms with Crippen LogP contribution in [0.5, 0.6) is 0 Å². The van der Waals surface area contributed by atoms with Crippen molar-refractivity contribution in [2.24, 2.45) is 0 Å². The van der Waals surface area contributed by atoms with Gasteiger partial charge in [0.2, 0.25) is 0 Å². The largest absolute Gasteiger partial charge is 0.272 e. The minimum atomic E-state index is -0.353. The molecule has 0 atom stereocenters. The Morgan fingerprint density at radius 3 is 2.50 bits per heavy atom. The van der Waals surface area contributed by atoms with E-state index < -0.39 is 0 Å². The normalized spacial score (nSPS) is 10.1. The number of nitro benzene ring substituents is 1. The second-order valence-electron chi connectivity index (χ2n) is 3.50. The van der Waals surface area contributed by atoms with Crippen LogP contribution in [-0.2, 0) is 0 Å². The van der Waals surface area contributed by atoms with Crippen molar-refractivity contribution in [3.8, 4) is 11.1 Å². The maximum atomic E-state index is 10.8. The average molecular weight is 212 g/mol. The number of hydrogen-bond acceptors (Lipinski definition) is 2. The summed E-state index contributed by atoms with van der Waals surface area (Å²) in [5.41, 5.74) is 2.71. The van der Waals surface area contributed by atoms with Crippen LogP contribution in [0.2, 0.25) is 0 Å². The lowest BCUT2D eigenvalue weighted by atomic mass is 9.99. The van der Waals surface area contributed by atoms with Gasteiger partial charge in [-0.15, -0.1) is 0 Å². The minimum Gasteiger partial charge on any atom is -0.258 e. The fourth-order valence-electron chi connectivity index (χ4n) is 1.70. The first kappa shape index (κ1) is 10.4. The predicted molar refractivity (Wildman–Crippen MR) is 62.1 cm³/mol. The topological polar surface area (TPSA) is 43.1 Å². The lowest BCUT2D eigenvalue weighted by Crippen LogP contribution is -1.93. The quantitative estimate of drug-likeness (QED) is 0.565. The third kappa shape index (κ3) is 1.80. The molecule has 0 aliphatic rings. The van der Waals surface area contributed by atoms with Gasteiger partial charge in [0, 0.05) is 11.6 Å². The van der Waals surface area contributed by atoms with Crippen LogP contribution in [0.4, 0.5) is 5.69 Å². The highest BCUT2D eigenvalue weighted by molar-refractivity contribution is 5.70. The number of hydrogen-bond donors (Lipinski definition) is 0. The maximum absolute atomic E-state index is 10.8. The van der Waals surface area contributed by atoms with E-state index in [2.05, 4.69) is 6.07 Å². The van der Waals surface area contributed by atoms with Crippen LogP contribution in [0.15, 0.2) is 42.5 Å². The fourth-order valence-corrected chi connectivity index (χ4v) is 1.70. The zero-order valence-corrected chi connectivity index (χ0v) is 8.81. The molecular weight excluding hydrogens is 202 g/mol. The molecule has 0 saturated carbocycles. The lowest BCUT2D eigenvalue weighted by Gasteiger charge is -2.05. The van der Waals surface area contributed by atoms with E-state index in [4.69, 9.17) is 0 Å². The molecule has 0 N–H and O–H groups in total. The van der Waals surface area contributed by atoms with Gasteiger partial charge in [-0.05, 0) is 24.1 Å². The second kappa shape index (κ2) is 4.14. The smallest absolute Gasteiger partial charge is 0.258 e. The van der Waals surface area contributed by atoms with Crippen molar-refractivity contribution in [2.75, 3.05) is 0 Å².